The molecule has 3 aliphatic rings. The number of likely N-dealkylation sites (tertiary alicyclic amines) is 1. The number of ketones is 1. The maximum atomic E-state index is 13.3. The quantitative estimate of drug-likeness (QED) is 0.388. The number of carbonyl (C=O) groups excluding carboxylic acids is 2. The van der Waals surface area contributed by atoms with Gasteiger partial charge in [0, 0.05) is 38.2 Å². The van der Waals surface area contributed by atoms with E-state index in [2.05, 4.69) is 4.90 Å². The Bertz CT molecular complexity index is 1150. The SMILES string of the molecule is COc1ccc([C@H]2C(=C(O)c3ccc4c(c3)C[C@H](C)O4)C(=O)C(=O)N2CCN2CCOCC2)cc1. The molecule has 2 aromatic carbocycles. The van der Waals surface area contributed by atoms with Crippen molar-refractivity contribution in [3.05, 3.63) is 64.7 Å². The number of methoxy groups -OCH3 is 1. The van der Waals surface area contributed by atoms with E-state index in [9.17, 15) is 14.7 Å². The van der Waals surface area contributed by atoms with Gasteiger partial charge in [0.2, 0.25) is 0 Å². The van der Waals surface area contributed by atoms with Crippen molar-refractivity contribution < 1.29 is 28.9 Å². The molecule has 2 fully saturated rings. The minimum absolute atomic E-state index is 0.0625. The number of Topliss-reactive ketones (excluding diaryl/α,β-unsaturated/α-hetero) is 1. The summed E-state index contributed by atoms with van der Waals surface area (Å²) in [5.41, 5.74) is 2.33. The van der Waals surface area contributed by atoms with Gasteiger partial charge in [0.15, 0.2) is 0 Å². The zero-order valence-electron chi connectivity index (χ0n) is 20.0. The van der Waals surface area contributed by atoms with E-state index in [1.54, 1.807) is 30.2 Å². The van der Waals surface area contributed by atoms with Gasteiger partial charge in [-0.05, 0) is 48.4 Å². The van der Waals surface area contributed by atoms with Gasteiger partial charge in [-0.15, -0.1) is 0 Å². The summed E-state index contributed by atoms with van der Waals surface area (Å²) < 4.78 is 16.5. The monoisotopic (exact) mass is 478 g/mol. The molecule has 0 bridgehead atoms. The zero-order valence-corrected chi connectivity index (χ0v) is 20.0. The van der Waals surface area contributed by atoms with Gasteiger partial charge in [-0.2, -0.15) is 0 Å². The van der Waals surface area contributed by atoms with Gasteiger partial charge >= 0.3 is 0 Å². The Labute approximate surface area is 204 Å². The molecule has 3 aliphatic heterocycles. The lowest BCUT2D eigenvalue weighted by molar-refractivity contribution is -0.140. The standard InChI is InChI=1S/C27H30N2O6/c1-17-15-20-16-19(5-8-22(20)35-17)25(30)23-24(18-3-6-21(33-2)7-4-18)29(27(32)26(23)31)10-9-28-11-13-34-14-12-28/h3-8,16-17,24,30H,9-15H2,1-2H3/t17-,24-/m0/s1. The van der Waals surface area contributed by atoms with E-state index in [4.69, 9.17) is 14.2 Å². The maximum absolute atomic E-state index is 13.3. The summed E-state index contributed by atoms with van der Waals surface area (Å²) in [6, 6.07) is 12.0. The summed E-state index contributed by atoms with van der Waals surface area (Å²) in [5.74, 6) is 0.0213. The fraction of sp³-hybridized carbons (Fsp3) is 0.407. The number of rotatable bonds is 6. The van der Waals surface area contributed by atoms with Crippen LogP contribution in [0.15, 0.2) is 48.0 Å². The number of aliphatic hydroxyl groups is 1. The van der Waals surface area contributed by atoms with E-state index in [1.807, 2.05) is 31.2 Å². The molecule has 2 atom stereocenters. The van der Waals surface area contributed by atoms with Crippen molar-refractivity contribution in [3.63, 3.8) is 0 Å². The highest BCUT2D eigenvalue weighted by Crippen LogP contribution is 2.40. The first-order valence-corrected chi connectivity index (χ1v) is 12.0. The second-order valence-electron chi connectivity index (χ2n) is 9.17. The summed E-state index contributed by atoms with van der Waals surface area (Å²) >= 11 is 0. The van der Waals surface area contributed by atoms with Crippen LogP contribution >= 0.6 is 0 Å². The maximum Gasteiger partial charge on any atom is 0.295 e. The molecule has 1 N–H and O–H groups in total. The van der Waals surface area contributed by atoms with E-state index in [0.717, 1.165) is 36.4 Å². The Hall–Kier alpha value is -3.36. The van der Waals surface area contributed by atoms with Crippen molar-refractivity contribution in [1.29, 1.82) is 0 Å². The van der Waals surface area contributed by atoms with Crippen LogP contribution in [-0.2, 0) is 20.7 Å². The number of fused-ring (bicyclic) bond motifs is 1. The normalized spacial score (nSPS) is 23.9. The van der Waals surface area contributed by atoms with E-state index in [1.165, 1.54) is 0 Å². The summed E-state index contributed by atoms with van der Waals surface area (Å²) in [7, 11) is 1.59. The first kappa shape index (κ1) is 23.4. The molecule has 0 unspecified atom stereocenters. The third kappa shape index (κ3) is 4.51. The number of amides is 1. The third-order valence-electron chi connectivity index (χ3n) is 6.90. The number of morpholine rings is 1. The Morgan fingerprint density at radius 1 is 1.09 bits per heavy atom. The smallest absolute Gasteiger partial charge is 0.295 e. The van der Waals surface area contributed by atoms with Crippen LogP contribution in [0.1, 0.15) is 29.7 Å². The molecule has 184 valence electrons. The van der Waals surface area contributed by atoms with Crippen LogP contribution in [0.25, 0.3) is 5.76 Å². The summed E-state index contributed by atoms with van der Waals surface area (Å²) in [6.07, 6.45) is 0.791. The molecule has 0 saturated carbocycles. The molecule has 8 heteroatoms. The molecule has 2 aromatic rings. The number of benzene rings is 2. The molecule has 0 aliphatic carbocycles. The van der Waals surface area contributed by atoms with Crippen molar-refractivity contribution in [2.75, 3.05) is 46.5 Å². The summed E-state index contributed by atoms with van der Waals surface area (Å²) in [6.45, 7) is 5.86. The predicted octanol–water partition coefficient (Wildman–Crippen LogP) is 2.77. The largest absolute Gasteiger partial charge is 0.507 e. The molecule has 2 saturated heterocycles. The lowest BCUT2D eigenvalue weighted by Crippen LogP contribution is -2.42. The highest BCUT2D eigenvalue weighted by Gasteiger charge is 2.46. The molecule has 5 rings (SSSR count). The molecule has 35 heavy (non-hydrogen) atoms. The first-order chi connectivity index (χ1) is 17.0. The number of nitrogens with zero attached hydrogens (tertiary/aromatic N) is 2. The van der Waals surface area contributed by atoms with Crippen molar-refractivity contribution >= 4 is 17.4 Å². The minimum atomic E-state index is -0.689. The topological polar surface area (TPSA) is 88.5 Å². The molecule has 0 spiro atoms. The number of ether oxygens (including phenoxy) is 3. The van der Waals surface area contributed by atoms with Crippen LogP contribution in [-0.4, -0.2) is 79.2 Å². The van der Waals surface area contributed by atoms with Gasteiger partial charge in [0.25, 0.3) is 11.7 Å². The Morgan fingerprint density at radius 3 is 2.54 bits per heavy atom. The van der Waals surface area contributed by atoms with E-state index >= 15 is 0 Å². The van der Waals surface area contributed by atoms with Gasteiger partial charge in [-0.25, -0.2) is 0 Å². The number of hydrogen-bond donors (Lipinski definition) is 1. The molecular formula is C27H30N2O6. The minimum Gasteiger partial charge on any atom is -0.507 e. The zero-order chi connectivity index (χ0) is 24.5. The Kier molecular flexibility index (Phi) is 6.49. The second kappa shape index (κ2) is 9.71. The Morgan fingerprint density at radius 2 is 1.83 bits per heavy atom. The van der Waals surface area contributed by atoms with Crippen molar-refractivity contribution in [2.24, 2.45) is 0 Å². The average molecular weight is 479 g/mol. The fourth-order valence-corrected chi connectivity index (χ4v) is 5.04. The van der Waals surface area contributed by atoms with E-state index < -0.39 is 17.7 Å². The van der Waals surface area contributed by atoms with Crippen LogP contribution in [0.4, 0.5) is 0 Å². The van der Waals surface area contributed by atoms with Crippen LogP contribution < -0.4 is 9.47 Å². The predicted molar refractivity (Wildman–Crippen MR) is 129 cm³/mol. The van der Waals surface area contributed by atoms with Crippen LogP contribution in [0.2, 0.25) is 0 Å². The van der Waals surface area contributed by atoms with Crippen LogP contribution in [0.5, 0.6) is 11.5 Å². The van der Waals surface area contributed by atoms with Gasteiger partial charge in [-0.1, -0.05) is 12.1 Å². The molecule has 1 amide bonds. The lowest BCUT2D eigenvalue weighted by atomic mass is 9.94. The van der Waals surface area contributed by atoms with Crippen molar-refractivity contribution in [2.45, 2.75) is 25.5 Å². The van der Waals surface area contributed by atoms with Gasteiger partial charge in [-0.3, -0.25) is 14.5 Å². The molecule has 0 aromatic heterocycles. The lowest BCUT2D eigenvalue weighted by Gasteiger charge is -2.31. The van der Waals surface area contributed by atoms with Crippen LogP contribution in [0.3, 0.4) is 0 Å². The first-order valence-electron chi connectivity index (χ1n) is 12.0. The highest BCUT2D eigenvalue weighted by molar-refractivity contribution is 6.46. The second-order valence-corrected chi connectivity index (χ2v) is 9.17. The van der Waals surface area contributed by atoms with E-state index in [0.29, 0.717) is 37.6 Å². The molecule has 0 radical (unpaired) electrons. The van der Waals surface area contributed by atoms with Crippen LogP contribution in [0, 0.1) is 0 Å². The van der Waals surface area contributed by atoms with Crippen molar-refractivity contribution in [1.82, 2.24) is 9.80 Å². The van der Waals surface area contributed by atoms with E-state index in [-0.39, 0.29) is 17.4 Å². The molecular weight excluding hydrogens is 448 g/mol. The number of aliphatic hydroxyl groups excluding tert-OH is 1. The Balaban J connectivity index is 1.53. The van der Waals surface area contributed by atoms with Gasteiger partial charge < -0.3 is 24.2 Å². The number of hydrogen-bond acceptors (Lipinski definition) is 7. The summed E-state index contributed by atoms with van der Waals surface area (Å²) in [4.78, 5) is 30.3. The number of carbonyl (C=O) groups is 2. The molecule has 3 heterocycles. The molecule has 8 nitrogen and oxygen atoms in total. The third-order valence-corrected chi connectivity index (χ3v) is 6.90. The van der Waals surface area contributed by atoms with Gasteiger partial charge in [0.1, 0.15) is 23.4 Å². The van der Waals surface area contributed by atoms with Crippen molar-refractivity contribution in [3.8, 4) is 11.5 Å². The summed E-state index contributed by atoms with van der Waals surface area (Å²) in [5, 5.41) is 11.4. The average Bonchev–Trinajstić information content (AvgIpc) is 3.38. The fourth-order valence-electron chi connectivity index (χ4n) is 5.04. The highest BCUT2D eigenvalue weighted by atomic mass is 16.5. The van der Waals surface area contributed by atoms with Gasteiger partial charge in [0.05, 0.1) is 31.9 Å².